The average Bonchev–Trinajstić information content (AvgIpc) is 3.41. The summed E-state index contributed by atoms with van der Waals surface area (Å²) in [7, 11) is 0. The van der Waals surface area contributed by atoms with Gasteiger partial charge >= 0.3 is 5.76 Å². The molecule has 0 saturated carbocycles. The SMILES string of the molecule is CCCc1nc(C(C)F)c(-c2ccc(OC(C)C)cc2)c(=O)n1Cc1ccc(-c2ccccc2-c2noc(=O)[nH]2)cc1.[K]. The zero-order valence-electron chi connectivity index (χ0n) is 25.1. The summed E-state index contributed by atoms with van der Waals surface area (Å²) in [6, 6.07) is 22.5. The van der Waals surface area contributed by atoms with Crippen LogP contribution in [-0.2, 0) is 13.0 Å². The fraction of sp³-hybridized carbons (Fsp3) is 0.273. The van der Waals surface area contributed by atoms with Crippen LogP contribution in [0.3, 0.4) is 0 Å². The second kappa shape index (κ2) is 14.5. The van der Waals surface area contributed by atoms with Crippen molar-refractivity contribution < 1.29 is 13.7 Å². The maximum atomic E-state index is 14.9. The number of aromatic amines is 1. The minimum atomic E-state index is -1.41. The number of hydrogen-bond acceptors (Lipinski definition) is 6. The van der Waals surface area contributed by atoms with Crippen LogP contribution in [0, 0.1) is 0 Å². The summed E-state index contributed by atoms with van der Waals surface area (Å²) in [5.41, 5.74) is 4.11. The van der Waals surface area contributed by atoms with Gasteiger partial charge in [-0.1, -0.05) is 72.7 Å². The van der Waals surface area contributed by atoms with Crippen molar-refractivity contribution in [3.63, 3.8) is 0 Å². The Bertz CT molecular complexity index is 1790. The molecule has 8 nitrogen and oxygen atoms in total. The van der Waals surface area contributed by atoms with Crippen LogP contribution in [-0.4, -0.2) is 77.2 Å². The third kappa shape index (κ3) is 7.50. The summed E-state index contributed by atoms with van der Waals surface area (Å²) in [5.74, 6) is 0.954. The molecule has 5 rings (SSSR count). The van der Waals surface area contributed by atoms with E-state index in [1.165, 1.54) is 6.92 Å². The van der Waals surface area contributed by atoms with Gasteiger partial charge in [-0.05, 0) is 61.6 Å². The van der Waals surface area contributed by atoms with Crippen LogP contribution >= 0.6 is 0 Å². The molecule has 0 bridgehead atoms. The van der Waals surface area contributed by atoms with Gasteiger partial charge in [0.15, 0.2) is 5.82 Å². The Hall–Kier alpha value is -3.15. The topological polar surface area (TPSA) is 103 Å². The molecule has 0 fully saturated rings. The summed E-state index contributed by atoms with van der Waals surface area (Å²) >= 11 is 0. The monoisotopic (exact) mass is 607 g/mol. The van der Waals surface area contributed by atoms with E-state index < -0.39 is 11.9 Å². The van der Waals surface area contributed by atoms with Gasteiger partial charge in [0, 0.05) is 63.4 Å². The van der Waals surface area contributed by atoms with Crippen LogP contribution in [0.25, 0.3) is 33.6 Å². The van der Waals surface area contributed by atoms with Crippen LogP contribution in [0.4, 0.5) is 4.39 Å². The van der Waals surface area contributed by atoms with Crippen LogP contribution in [0.15, 0.2) is 86.9 Å². The first-order valence-corrected chi connectivity index (χ1v) is 14.0. The second-order valence-electron chi connectivity index (χ2n) is 10.4. The second-order valence-corrected chi connectivity index (χ2v) is 10.4. The molecule has 2 heterocycles. The maximum Gasteiger partial charge on any atom is 0.439 e. The smallest absolute Gasteiger partial charge is 0.439 e. The van der Waals surface area contributed by atoms with Gasteiger partial charge in [0.05, 0.1) is 23.9 Å². The number of rotatable bonds is 10. The van der Waals surface area contributed by atoms with Crippen molar-refractivity contribution in [2.45, 2.75) is 59.4 Å². The molecule has 217 valence electrons. The summed E-state index contributed by atoms with van der Waals surface area (Å²) < 4.78 is 27.0. The van der Waals surface area contributed by atoms with Crippen molar-refractivity contribution in [3.8, 4) is 39.4 Å². The molecule has 0 aliphatic heterocycles. The molecule has 43 heavy (non-hydrogen) atoms. The number of aromatic nitrogens is 4. The van der Waals surface area contributed by atoms with E-state index in [9.17, 15) is 14.0 Å². The van der Waals surface area contributed by atoms with E-state index in [0.29, 0.717) is 29.4 Å². The molecule has 1 atom stereocenters. The zero-order valence-corrected chi connectivity index (χ0v) is 28.2. The van der Waals surface area contributed by atoms with Crippen LogP contribution < -0.4 is 16.1 Å². The average molecular weight is 608 g/mol. The maximum absolute atomic E-state index is 14.9. The molecule has 3 aromatic carbocycles. The number of nitrogens with one attached hydrogen (secondary N) is 1. The van der Waals surface area contributed by atoms with Crippen LogP contribution in [0.5, 0.6) is 5.75 Å². The minimum absolute atomic E-state index is 0. The largest absolute Gasteiger partial charge is 0.491 e. The molecule has 1 N–H and O–H groups in total. The zero-order chi connectivity index (χ0) is 29.8. The summed E-state index contributed by atoms with van der Waals surface area (Å²) in [6.45, 7) is 7.57. The Morgan fingerprint density at radius 1 is 0.930 bits per heavy atom. The number of halogens is 1. The molecule has 0 aliphatic carbocycles. The third-order valence-corrected chi connectivity index (χ3v) is 6.87. The van der Waals surface area contributed by atoms with Crippen molar-refractivity contribution in [1.82, 2.24) is 19.7 Å². The number of aryl methyl sites for hydroxylation is 1. The molecular weight excluding hydrogens is 574 g/mol. The molecule has 5 aromatic rings. The fourth-order valence-electron chi connectivity index (χ4n) is 4.99. The number of ether oxygens (including phenoxy) is 1. The van der Waals surface area contributed by atoms with E-state index in [1.807, 2.05) is 69.3 Å². The van der Waals surface area contributed by atoms with Gasteiger partial charge in [0.25, 0.3) is 5.56 Å². The summed E-state index contributed by atoms with van der Waals surface area (Å²) in [6.07, 6.45) is -0.107. The molecule has 2 aromatic heterocycles. The molecule has 1 radical (unpaired) electrons. The molecular formula is C33H33FKN4O4. The minimum Gasteiger partial charge on any atom is -0.491 e. The van der Waals surface area contributed by atoms with Gasteiger partial charge in [-0.15, -0.1) is 0 Å². The number of hydrogen-bond donors (Lipinski definition) is 1. The Kier molecular flexibility index (Phi) is 11.1. The normalized spacial score (nSPS) is 11.8. The number of H-pyrrole nitrogens is 1. The van der Waals surface area contributed by atoms with E-state index in [2.05, 4.69) is 10.1 Å². The van der Waals surface area contributed by atoms with E-state index in [-0.39, 0.29) is 80.8 Å². The van der Waals surface area contributed by atoms with E-state index in [4.69, 9.17) is 14.2 Å². The van der Waals surface area contributed by atoms with Crippen molar-refractivity contribution in [2.75, 3.05) is 0 Å². The molecule has 0 spiro atoms. The Morgan fingerprint density at radius 3 is 2.16 bits per heavy atom. The van der Waals surface area contributed by atoms with Crippen molar-refractivity contribution >= 4 is 51.4 Å². The summed E-state index contributed by atoms with van der Waals surface area (Å²) in [4.78, 5) is 32.8. The molecule has 10 heteroatoms. The van der Waals surface area contributed by atoms with E-state index in [0.717, 1.165) is 28.7 Å². The predicted molar refractivity (Wildman–Crippen MR) is 166 cm³/mol. The van der Waals surface area contributed by atoms with Gasteiger partial charge in [-0.3, -0.25) is 18.9 Å². The third-order valence-electron chi connectivity index (χ3n) is 6.87. The van der Waals surface area contributed by atoms with Gasteiger partial charge in [0.1, 0.15) is 17.7 Å². The van der Waals surface area contributed by atoms with Gasteiger partial charge in [-0.25, -0.2) is 14.2 Å². The fourth-order valence-corrected chi connectivity index (χ4v) is 4.99. The van der Waals surface area contributed by atoms with Crippen molar-refractivity contribution in [2.24, 2.45) is 0 Å². The Balaban J connectivity index is 0.00000423. The quantitative estimate of drug-likeness (QED) is 0.185. The number of alkyl halides is 1. The van der Waals surface area contributed by atoms with Crippen molar-refractivity contribution in [1.29, 1.82) is 0 Å². The number of benzene rings is 3. The van der Waals surface area contributed by atoms with Crippen molar-refractivity contribution in [3.05, 3.63) is 111 Å². The van der Waals surface area contributed by atoms with E-state index in [1.54, 1.807) is 28.8 Å². The first-order chi connectivity index (χ1) is 20.2. The van der Waals surface area contributed by atoms with E-state index >= 15 is 0 Å². The van der Waals surface area contributed by atoms with Gasteiger partial charge in [0.2, 0.25) is 0 Å². The molecule has 0 aliphatic rings. The van der Waals surface area contributed by atoms with Gasteiger partial charge in [-0.2, -0.15) is 0 Å². The predicted octanol–water partition coefficient (Wildman–Crippen LogP) is 6.36. The molecule has 0 amide bonds. The standard InChI is InChI=1S/C33H33FN4O4.K/c1-5-8-28-35-30(21(4)34)29(24-15-17-25(18-16-24)41-20(2)3)32(39)38(28)19-22-11-13-23(14-12-22)26-9-6-7-10-27(26)31-36-33(40)42-37-31;/h6-7,9-18,20-21H,5,8,19H2,1-4H3,(H,36,37,40);. The molecule has 0 saturated heterocycles. The molecule has 1 unspecified atom stereocenters. The van der Waals surface area contributed by atoms with Crippen LogP contribution in [0.2, 0.25) is 0 Å². The first kappa shape index (κ1) is 32.8. The van der Waals surface area contributed by atoms with Crippen LogP contribution in [0.1, 0.15) is 57.4 Å². The Labute approximate surface area is 291 Å². The number of nitrogens with zero attached hydrogens (tertiary/aromatic N) is 3. The Morgan fingerprint density at radius 2 is 1.58 bits per heavy atom. The summed E-state index contributed by atoms with van der Waals surface area (Å²) in [5, 5.41) is 3.83. The first-order valence-electron chi connectivity index (χ1n) is 14.0. The van der Waals surface area contributed by atoms with Gasteiger partial charge < -0.3 is 4.74 Å².